The number of amides is 2. The molecule has 134 valence electrons. The van der Waals surface area contributed by atoms with Gasteiger partial charge in [-0.1, -0.05) is 36.4 Å². The lowest BCUT2D eigenvalue weighted by Gasteiger charge is -2.31. The van der Waals surface area contributed by atoms with Crippen LogP contribution in [-0.4, -0.2) is 23.9 Å². The van der Waals surface area contributed by atoms with Crippen LogP contribution in [0.25, 0.3) is 0 Å². The molecule has 2 amide bonds. The number of urea groups is 1. The molecule has 0 spiro atoms. The monoisotopic (exact) mass is 352 g/mol. The zero-order valence-corrected chi connectivity index (χ0v) is 13.8. The summed E-state index contributed by atoms with van der Waals surface area (Å²) in [4.78, 5) is 11.9. The number of hydrogen-bond acceptors (Lipinski definition) is 2. The first kappa shape index (κ1) is 18.8. The van der Waals surface area contributed by atoms with Crippen molar-refractivity contribution in [2.24, 2.45) is 0 Å². The molecule has 0 aliphatic heterocycles. The summed E-state index contributed by atoms with van der Waals surface area (Å²) in [6.07, 6.45) is -4.94. The molecular formula is C18H19F3N2O2. The van der Waals surface area contributed by atoms with Crippen molar-refractivity contribution in [1.29, 1.82) is 0 Å². The predicted molar refractivity (Wildman–Crippen MR) is 89.3 cm³/mol. The Kier molecular flexibility index (Phi) is 5.37. The summed E-state index contributed by atoms with van der Waals surface area (Å²) in [6.45, 7) is 2.76. The second-order valence-electron chi connectivity index (χ2n) is 5.83. The molecule has 0 heterocycles. The molecule has 2 rings (SSSR count). The number of carbonyl (C=O) groups excluding carboxylic acids is 1. The SMILES string of the molecule is Cc1ccc(NC(=O)NCC(O)(c2ccccc2)C(F)(F)F)cc1C. The van der Waals surface area contributed by atoms with Gasteiger partial charge < -0.3 is 15.7 Å². The van der Waals surface area contributed by atoms with Crippen LogP contribution in [0, 0.1) is 13.8 Å². The van der Waals surface area contributed by atoms with E-state index in [1.165, 1.54) is 12.1 Å². The fourth-order valence-corrected chi connectivity index (χ4v) is 2.28. The van der Waals surface area contributed by atoms with Crippen molar-refractivity contribution in [2.75, 3.05) is 11.9 Å². The molecule has 25 heavy (non-hydrogen) atoms. The maximum absolute atomic E-state index is 13.3. The van der Waals surface area contributed by atoms with Gasteiger partial charge in [-0.25, -0.2) is 4.79 Å². The molecule has 1 unspecified atom stereocenters. The molecule has 0 aliphatic rings. The second kappa shape index (κ2) is 7.14. The molecule has 4 nitrogen and oxygen atoms in total. The van der Waals surface area contributed by atoms with Crippen molar-refractivity contribution in [3.05, 3.63) is 65.2 Å². The van der Waals surface area contributed by atoms with Gasteiger partial charge in [0.1, 0.15) is 0 Å². The molecule has 0 aliphatic carbocycles. The first-order chi connectivity index (χ1) is 11.6. The fourth-order valence-electron chi connectivity index (χ4n) is 2.28. The molecule has 2 aromatic carbocycles. The van der Waals surface area contributed by atoms with Gasteiger partial charge >= 0.3 is 12.2 Å². The highest BCUT2D eigenvalue weighted by molar-refractivity contribution is 5.89. The van der Waals surface area contributed by atoms with Gasteiger partial charge in [-0.3, -0.25) is 0 Å². The third-order valence-electron chi connectivity index (χ3n) is 3.99. The van der Waals surface area contributed by atoms with Crippen molar-refractivity contribution >= 4 is 11.7 Å². The lowest BCUT2D eigenvalue weighted by molar-refractivity contribution is -0.263. The van der Waals surface area contributed by atoms with Crippen molar-refractivity contribution in [3.8, 4) is 0 Å². The van der Waals surface area contributed by atoms with Gasteiger partial charge in [-0.05, 0) is 42.7 Å². The van der Waals surface area contributed by atoms with Gasteiger partial charge in [0.2, 0.25) is 5.60 Å². The zero-order valence-electron chi connectivity index (χ0n) is 13.8. The van der Waals surface area contributed by atoms with E-state index in [9.17, 15) is 23.1 Å². The van der Waals surface area contributed by atoms with Crippen molar-refractivity contribution in [1.82, 2.24) is 5.32 Å². The van der Waals surface area contributed by atoms with Crippen LogP contribution < -0.4 is 10.6 Å². The van der Waals surface area contributed by atoms with E-state index in [4.69, 9.17) is 0 Å². The van der Waals surface area contributed by atoms with Gasteiger partial charge in [0.25, 0.3) is 0 Å². The van der Waals surface area contributed by atoms with Gasteiger partial charge in [-0.15, -0.1) is 0 Å². The minimum Gasteiger partial charge on any atom is -0.375 e. The molecule has 0 saturated carbocycles. The smallest absolute Gasteiger partial charge is 0.375 e. The lowest BCUT2D eigenvalue weighted by atomic mass is 9.93. The predicted octanol–water partition coefficient (Wildman–Crippen LogP) is 3.88. The molecule has 0 bridgehead atoms. The fraction of sp³-hybridized carbons (Fsp3) is 0.278. The Morgan fingerprint density at radius 2 is 1.68 bits per heavy atom. The maximum atomic E-state index is 13.3. The van der Waals surface area contributed by atoms with Crippen molar-refractivity contribution in [2.45, 2.75) is 25.6 Å². The highest BCUT2D eigenvalue weighted by Crippen LogP contribution is 2.38. The number of aryl methyl sites for hydroxylation is 2. The van der Waals surface area contributed by atoms with Gasteiger partial charge in [0.05, 0.1) is 6.54 Å². The Hall–Kier alpha value is -2.54. The van der Waals surface area contributed by atoms with Crippen LogP contribution in [0.3, 0.4) is 0 Å². The minimum atomic E-state index is -4.94. The number of alkyl halides is 3. The van der Waals surface area contributed by atoms with E-state index in [0.717, 1.165) is 23.3 Å². The molecule has 3 N–H and O–H groups in total. The average Bonchev–Trinajstić information content (AvgIpc) is 2.56. The van der Waals surface area contributed by atoms with E-state index in [1.54, 1.807) is 24.3 Å². The number of anilines is 1. The van der Waals surface area contributed by atoms with Crippen LogP contribution in [-0.2, 0) is 5.60 Å². The third kappa shape index (κ3) is 4.30. The summed E-state index contributed by atoms with van der Waals surface area (Å²) in [7, 11) is 0. The first-order valence-electron chi connectivity index (χ1n) is 7.60. The van der Waals surface area contributed by atoms with Crippen LogP contribution in [0.5, 0.6) is 0 Å². The van der Waals surface area contributed by atoms with Gasteiger partial charge in [-0.2, -0.15) is 13.2 Å². The summed E-state index contributed by atoms with van der Waals surface area (Å²) in [6, 6.07) is 11.0. The summed E-state index contributed by atoms with van der Waals surface area (Å²) in [5.41, 5.74) is -1.09. The minimum absolute atomic E-state index is 0.339. The number of hydrogen-bond donors (Lipinski definition) is 3. The van der Waals surface area contributed by atoms with Crippen LogP contribution in [0.1, 0.15) is 16.7 Å². The first-order valence-corrected chi connectivity index (χ1v) is 7.60. The van der Waals surface area contributed by atoms with Crippen molar-refractivity contribution in [3.63, 3.8) is 0 Å². The Balaban J connectivity index is 2.10. The van der Waals surface area contributed by atoms with E-state index < -0.39 is 24.4 Å². The number of carbonyl (C=O) groups is 1. The quantitative estimate of drug-likeness (QED) is 0.782. The Labute approximate surface area is 143 Å². The zero-order chi connectivity index (χ0) is 18.7. The number of nitrogens with one attached hydrogen (secondary N) is 2. The van der Waals surface area contributed by atoms with Crippen molar-refractivity contribution < 1.29 is 23.1 Å². The molecule has 0 aromatic heterocycles. The average molecular weight is 352 g/mol. The summed E-state index contributed by atoms with van der Waals surface area (Å²) in [5, 5.41) is 14.7. The number of halogens is 3. The van der Waals surface area contributed by atoms with E-state index in [1.807, 2.05) is 13.8 Å². The second-order valence-corrected chi connectivity index (χ2v) is 5.83. The summed E-state index contributed by atoms with van der Waals surface area (Å²) < 4.78 is 40.0. The molecular weight excluding hydrogens is 333 g/mol. The van der Waals surface area contributed by atoms with E-state index in [2.05, 4.69) is 10.6 Å². The van der Waals surface area contributed by atoms with E-state index >= 15 is 0 Å². The Morgan fingerprint density at radius 3 is 2.24 bits per heavy atom. The molecule has 0 saturated heterocycles. The number of rotatable bonds is 4. The lowest BCUT2D eigenvalue weighted by Crippen LogP contribution is -2.51. The number of aliphatic hydroxyl groups is 1. The third-order valence-corrected chi connectivity index (χ3v) is 3.99. The van der Waals surface area contributed by atoms with E-state index in [-0.39, 0.29) is 5.56 Å². The Morgan fingerprint density at radius 1 is 1.04 bits per heavy atom. The van der Waals surface area contributed by atoms with Gasteiger partial charge in [0, 0.05) is 5.69 Å². The van der Waals surface area contributed by atoms with Crippen LogP contribution in [0.4, 0.5) is 23.7 Å². The standard InChI is InChI=1S/C18H19F3N2O2/c1-12-8-9-15(10-13(12)2)23-16(24)22-11-17(25,18(19,20)21)14-6-4-3-5-7-14/h3-10,25H,11H2,1-2H3,(H2,22,23,24). The molecule has 7 heteroatoms. The van der Waals surface area contributed by atoms with Gasteiger partial charge in [0.15, 0.2) is 0 Å². The summed E-state index contributed by atoms with van der Waals surface area (Å²) >= 11 is 0. The summed E-state index contributed by atoms with van der Waals surface area (Å²) in [5.74, 6) is 0. The van der Waals surface area contributed by atoms with Crippen LogP contribution in [0.2, 0.25) is 0 Å². The maximum Gasteiger partial charge on any atom is 0.423 e. The topological polar surface area (TPSA) is 61.4 Å². The molecule has 0 fully saturated rings. The normalized spacial score (nSPS) is 13.8. The Bertz CT molecular complexity index is 748. The highest BCUT2D eigenvalue weighted by Gasteiger charge is 2.55. The highest BCUT2D eigenvalue weighted by atomic mass is 19.4. The largest absolute Gasteiger partial charge is 0.423 e. The molecule has 2 aromatic rings. The molecule has 1 atom stereocenters. The number of benzene rings is 2. The van der Waals surface area contributed by atoms with Crippen LogP contribution in [0.15, 0.2) is 48.5 Å². The van der Waals surface area contributed by atoms with E-state index in [0.29, 0.717) is 5.69 Å². The van der Waals surface area contributed by atoms with Crippen LogP contribution >= 0.6 is 0 Å². The molecule has 0 radical (unpaired) electrons.